The third-order valence-corrected chi connectivity index (χ3v) is 4.90. The van der Waals surface area contributed by atoms with E-state index in [1.807, 2.05) is 0 Å². The average molecular weight is 336 g/mol. The molecule has 0 N–H and O–H groups in total. The SMILES string of the molecule is C=C(C)c1cc(-c2ccc(CN(CCC)CCC)cc2)cc(C)c1C. The summed E-state index contributed by atoms with van der Waals surface area (Å²) in [6.45, 7) is 18.5. The summed E-state index contributed by atoms with van der Waals surface area (Å²) < 4.78 is 0. The van der Waals surface area contributed by atoms with Crippen LogP contribution >= 0.6 is 0 Å². The molecule has 0 saturated heterocycles. The number of hydrogen-bond donors (Lipinski definition) is 0. The van der Waals surface area contributed by atoms with Gasteiger partial charge in [-0.15, -0.1) is 0 Å². The van der Waals surface area contributed by atoms with E-state index in [0.717, 1.165) is 12.1 Å². The highest BCUT2D eigenvalue weighted by molar-refractivity contribution is 5.74. The molecule has 0 saturated carbocycles. The summed E-state index contributed by atoms with van der Waals surface area (Å²) in [6, 6.07) is 13.7. The van der Waals surface area contributed by atoms with Gasteiger partial charge in [0.15, 0.2) is 0 Å². The highest BCUT2D eigenvalue weighted by Crippen LogP contribution is 2.28. The molecule has 134 valence electrons. The van der Waals surface area contributed by atoms with Crippen molar-refractivity contribution >= 4 is 5.57 Å². The third-order valence-electron chi connectivity index (χ3n) is 4.90. The fourth-order valence-electron chi connectivity index (χ4n) is 3.43. The van der Waals surface area contributed by atoms with Crippen LogP contribution in [0.15, 0.2) is 43.0 Å². The van der Waals surface area contributed by atoms with Gasteiger partial charge in [0.25, 0.3) is 0 Å². The first-order chi connectivity index (χ1) is 12.0. The van der Waals surface area contributed by atoms with Crippen molar-refractivity contribution in [1.29, 1.82) is 0 Å². The van der Waals surface area contributed by atoms with Gasteiger partial charge in [-0.05, 0) is 86.1 Å². The van der Waals surface area contributed by atoms with Gasteiger partial charge in [0.05, 0.1) is 0 Å². The molecule has 0 fully saturated rings. The van der Waals surface area contributed by atoms with Crippen molar-refractivity contribution in [2.45, 2.75) is 54.0 Å². The molecule has 0 atom stereocenters. The van der Waals surface area contributed by atoms with E-state index in [1.165, 1.54) is 59.3 Å². The number of nitrogens with zero attached hydrogens (tertiary/aromatic N) is 1. The molecule has 0 aliphatic carbocycles. The normalized spacial score (nSPS) is 11.1. The molecular formula is C24H33N. The van der Waals surface area contributed by atoms with Crippen LogP contribution in [0.3, 0.4) is 0 Å². The van der Waals surface area contributed by atoms with Crippen molar-refractivity contribution in [1.82, 2.24) is 4.90 Å². The van der Waals surface area contributed by atoms with E-state index < -0.39 is 0 Å². The zero-order chi connectivity index (χ0) is 18.4. The molecular weight excluding hydrogens is 302 g/mol. The van der Waals surface area contributed by atoms with E-state index in [0.29, 0.717) is 0 Å². The number of aryl methyl sites for hydroxylation is 1. The zero-order valence-electron chi connectivity index (χ0n) is 16.7. The summed E-state index contributed by atoms with van der Waals surface area (Å²) in [5, 5.41) is 0. The summed E-state index contributed by atoms with van der Waals surface area (Å²) >= 11 is 0. The second-order valence-electron chi connectivity index (χ2n) is 7.22. The van der Waals surface area contributed by atoms with Crippen LogP contribution in [0.2, 0.25) is 0 Å². The standard InChI is InChI=1S/C24H33N/c1-7-13-25(14-8-2)17-21-9-11-22(12-10-21)23-15-19(5)20(6)24(16-23)18(3)4/h9-12,15-16H,3,7-8,13-14,17H2,1-2,4-6H3. The van der Waals surface area contributed by atoms with Crippen LogP contribution in [0.25, 0.3) is 16.7 Å². The Balaban J connectivity index is 2.24. The van der Waals surface area contributed by atoms with E-state index in [4.69, 9.17) is 0 Å². The lowest BCUT2D eigenvalue weighted by Crippen LogP contribution is -2.24. The lowest BCUT2D eigenvalue weighted by Gasteiger charge is -2.21. The first kappa shape index (κ1) is 19.5. The Hall–Kier alpha value is -1.86. The van der Waals surface area contributed by atoms with Gasteiger partial charge in [-0.2, -0.15) is 0 Å². The summed E-state index contributed by atoms with van der Waals surface area (Å²) in [6.07, 6.45) is 2.43. The maximum absolute atomic E-state index is 4.14. The quantitative estimate of drug-likeness (QED) is 0.523. The molecule has 0 radical (unpaired) electrons. The van der Waals surface area contributed by atoms with Gasteiger partial charge in [-0.1, -0.05) is 56.3 Å². The Kier molecular flexibility index (Phi) is 7.01. The lowest BCUT2D eigenvalue weighted by molar-refractivity contribution is 0.266. The van der Waals surface area contributed by atoms with Gasteiger partial charge in [0.2, 0.25) is 0 Å². The van der Waals surface area contributed by atoms with Crippen molar-refractivity contribution in [2.24, 2.45) is 0 Å². The number of allylic oxidation sites excluding steroid dienone is 1. The average Bonchev–Trinajstić information content (AvgIpc) is 2.58. The molecule has 2 aromatic rings. The molecule has 0 unspecified atom stereocenters. The smallest absolute Gasteiger partial charge is 0.0233 e. The van der Waals surface area contributed by atoms with Gasteiger partial charge in [0.1, 0.15) is 0 Å². The van der Waals surface area contributed by atoms with E-state index in [2.05, 4.69) is 82.5 Å². The number of hydrogen-bond acceptors (Lipinski definition) is 1. The minimum Gasteiger partial charge on any atom is -0.299 e. The Labute approximate surface area is 154 Å². The van der Waals surface area contributed by atoms with Gasteiger partial charge >= 0.3 is 0 Å². The molecule has 25 heavy (non-hydrogen) atoms. The van der Waals surface area contributed by atoms with Gasteiger partial charge < -0.3 is 0 Å². The maximum Gasteiger partial charge on any atom is 0.0233 e. The van der Waals surface area contributed by atoms with E-state index >= 15 is 0 Å². The maximum atomic E-state index is 4.14. The molecule has 0 bridgehead atoms. The fraction of sp³-hybridized carbons (Fsp3) is 0.417. The van der Waals surface area contributed by atoms with Crippen LogP contribution in [0.1, 0.15) is 55.9 Å². The first-order valence-corrected chi connectivity index (χ1v) is 9.55. The summed E-state index contributed by atoms with van der Waals surface area (Å²) in [5.41, 5.74) is 9.04. The van der Waals surface area contributed by atoms with Crippen molar-refractivity contribution < 1.29 is 0 Å². The molecule has 1 heteroatoms. The minimum atomic E-state index is 1.05. The second kappa shape index (κ2) is 9.01. The lowest BCUT2D eigenvalue weighted by atomic mass is 9.92. The Morgan fingerprint density at radius 3 is 2.04 bits per heavy atom. The molecule has 2 aromatic carbocycles. The Bertz CT molecular complexity index is 704. The Morgan fingerprint density at radius 2 is 1.52 bits per heavy atom. The zero-order valence-corrected chi connectivity index (χ0v) is 16.7. The first-order valence-electron chi connectivity index (χ1n) is 9.55. The minimum absolute atomic E-state index is 1.05. The molecule has 0 spiro atoms. The van der Waals surface area contributed by atoms with Crippen molar-refractivity contribution in [3.8, 4) is 11.1 Å². The molecule has 0 aliphatic heterocycles. The van der Waals surface area contributed by atoms with Crippen molar-refractivity contribution in [3.63, 3.8) is 0 Å². The highest BCUT2D eigenvalue weighted by atomic mass is 15.1. The topological polar surface area (TPSA) is 3.24 Å². The fourth-order valence-corrected chi connectivity index (χ4v) is 3.43. The summed E-state index contributed by atoms with van der Waals surface area (Å²) in [4.78, 5) is 2.55. The van der Waals surface area contributed by atoms with E-state index in [9.17, 15) is 0 Å². The monoisotopic (exact) mass is 335 g/mol. The number of rotatable bonds is 8. The van der Waals surface area contributed by atoms with Crippen LogP contribution < -0.4 is 0 Å². The summed E-state index contributed by atoms with van der Waals surface area (Å²) in [7, 11) is 0. The predicted octanol–water partition coefficient (Wildman–Crippen LogP) is 6.63. The van der Waals surface area contributed by atoms with Crippen LogP contribution in [-0.4, -0.2) is 18.0 Å². The van der Waals surface area contributed by atoms with Gasteiger partial charge in [0, 0.05) is 6.54 Å². The summed E-state index contributed by atoms with van der Waals surface area (Å²) in [5.74, 6) is 0. The van der Waals surface area contributed by atoms with Crippen molar-refractivity contribution in [3.05, 3.63) is 65.2 Å². The van der Waals surface area contributed by atoms with Crippen molar-refractivity contribution in [2.75, 3.05) is 13.1 Å². The van der Waals surface area contributed by atoms with Gasteiger partial charge in [-0.3, -0.25) is 4.90 Å². The molecule has 0 amide bonds. The molecule has 0 aromatic heterocycles. The predicted molar refractivity (Wildman–Crippen MR) is 112 cm³/mol. The Morgan fingerprint density at radius 1 is 0.920 bits per heavy atom. The number of benzene rings is 2. The van der Waals surface area contributed by atoms with E-state index in [-0.39, 0.29) is 0 Å². The molecule has 0 heterocycles. The van der Waals surface area contributed by atoms with Gasteiger partial charge in [-0.25, -0.2) is 0 Å². The van der Waals surface area contributed by atoms with Crippen LogP contribution in [0, 0.1) is 13.8 Å². The highest BCUT2D eigenvalue weighted by Gasteiger charge is 2.08. The van der Waals surface area contributed by atoms with Crippen LogP contribution in [0.4, 0.5) is 0 Å². The van der Waals surface area contributed by atoms with Crippen LogP contribution in [0.5, 0.6) is 0 Å². The van der Waals surface area contributed by atoms with E-state index in [1.54, 1.807) is 0 Å². The third kappa shape index (κ3) is 5.06. The molecule has 1 nitrogen and oxygen atoms in total. The van der Waals surface area contributed by atoms with Crippen LogP contribution in [-0.2, 0) is 6.54 Å². The molecule has 0 aliphatic rings. The second-order valence-corrected chi connectivity index (χ2v) is 7.22. The molecule has 2 rings (SSSR count). The largest absolute Gasteiger partial charge is 0.299 e.